The molecule has 1 saturated heterocycles. The summed E-state index contributed by atoms with van der Waals surface area (Å²) in [5, 5.41) is 5.89. The fourth-order valence-electron chi connectivity index (χ4n) is 3.54. The lowest BCUT2D eigenvalue weighted by molar-refractivity contribution is 0.0670. The summed E-state index contributed by atoms with van der Waals surface area (Å²) in [6, 6.07) is 12.9. The molecule has 1 fully saturated rings. The van der Waals surface area contributed by atoms with Crippen LogP contribution < -0.4 is 4.90 Å². The number of carbonyl (C=O) groups excluding carboxylic acids is 1. The summed E-state index contributed by atoms with van der Waals surface area (Å²) >= 11 is 1.50. The molecular weight excluding hydrogens is 422 g/mol. The zero-order valence-corrected chi connectivity index (χ0v) is 18.4. The van der Waals surface area contributed by atoms with E-state index in [1.165, 1.54) is 11.3 Å². The average molecular weight is 446 g/mol. The summed E-state index contributed by atoms with van der Waals surface area (Å²) in [6.45, 7) is 0.313. The van der Waals surface area contributed by atoms with Crippen LogP contribution in [0.25, 0.3) is 10.6 Å². The van der Waals surface area contributed by atoms with Crippen LogP contribution in [-0.2, 0) is 16.4 Å². The maximum Gasteiger partial charge on any atom is 0.276 e. The number of carbonyl (C=O) groups is 1. The van der Waals surface area contributed by atoms with Crippen LogP contribution in [0.4, 0.5) is 5.69 Å². The summed E-state index contributed by atoms with van der Waals surface area (Å²) < 4.78 is 29.5. The first kappa shape index (κ1) is 20.6. The van der Waals surface area contributed by atoms with Crippen molar-refractivity contribution in [1.29, 1.82) is 0 Å². The first-order valence-electron chi connectivity index (χ1n) is 9.61. The molecule has 30 heavy (non-hydrogen) atoms. The Bertz CT molecular complexity index is 1120. The number of benzene rings is 1. The average Bonchev–Trinajstić information content (AvgIpc) is 3.46. The van der Waals surface area contributed by atoms with Gasteiger partial charge in [-0.15, -0.1) is 11.3 Å². The first-order valence-corrected chi connectivity index (χ1v) is 12.3. The number of aromatic nitrogens is 1. The molecule has 158 valence electrons. The number of sulfone groups is 1. The third-order valence-electron chi connectivity index (χ3n) is 5.21. The molecule has 1 aliphatic rings. The molecule has 3 heterocycles. The van der Waals surface area contributed by atoms with Crippen LogP contribution >= 0.6 is 11.3 Å². The summed E-state index contributed by atoms with van der Waals surface area (Å²) in [4.78, 5) is 17.8. The summed E-state index contributed by atoms with van der Waals surface area (Å²) in [6.07, 6.45) is 0.430. The normalized spacial score (nSPS) is 17.7. The summed E-state index contributed by atoms with van der Waals surface area (Å²) in [5.74, 6) is 0.285. The van der Waals surface area contributed by atoms with Gasteiger partial charge >= 0.3 is 0 Å². The van der Waals surface area contributed by atoms with Crippen molar-refractivity contribution >= 4 is 32.8 Å². The van der Waals surface area contributed by atoms with Gasteiger partial charge in [-0.1, -0.05) is 23.4 Å². The van der Waals surface area contributed by atoms with Gasteiger partial charge in [-0.05, 0) is 35.6 Å². The molecule has 0 saturated carbocycles. The second-order valence-corrected chi connectivity index (χ2v) is 10.8. The smallest absolute Gasteiger partial charge is 0.276 e. The Balaban J connectivity index is 1.60. The number of anilines is 1. The molecule has 2 aromatic heterocycles. The molecule has 3 aromatic rings. The van der Waals surface area contributed by atoms with E-state index in [0.29, 0.717) is 18.7 Å². The van der Waals surface area contributed by atoms with Crippen LogP contribution in [0, 0.1) is 0 Å². The van der Waals surface area contributed by atoms with Gasteiger partial charge < -0.3 is 14.3 Å². The topological polar surface area (TPSA) is 83.7 Å². The number of hydrogen-bond acceptors (Lipinski definition) is 7. The van der Waals surface area contributed by atoms with Crippen molar-refractivity contribution in [2.45, 2.75) is 19.0 Å². The molecule has 9 heteroatoms. The van der Waals surface area contributed by atoms with E-state index < -0.39 is 9.84 Å². The Morgan fingerprint density at radius 1 is 1.23 bits per heavy atom. The van der Waals surface area contributed by atoms with Crippen molar-refractivity contribution in [1.82, 2.24) is 10.1 Å². The highest BCUT2D eigenvalue weighted by Gasteiger charge is 2.36. The van der Waals surface area contributed by atoms with Gasteiger partial charge in [0.05, 0.1) is 16.4 Å². The lowest BCUT2D eigenvalue weighted by Crippen LogP contribution is -2.40. The quantitative estimate of drug-likeness (QED) is 0.579. The molecule has 1 amide bonds. The lowest BCUT2D eigenvalue weighted by Gasteiger charge is -2.27. The van der Waals surface area contributed by atoms with Crippen molar-refractivity contribution in [2.75, 3.05) is 30.5 Å². The van der Waals surface area contributed by atoms with E-state index in [2.05, 4.69) is 5.16 Å². The van der Waals surface area contributed by atoms with Crippen molar-refractivity contribution in [3.8, 4) is 10.6 Å². The molecule has 0 spiro atoms. The minimum atomic E-state index is -3.14. The predicted molar refractivity (Wildman–Crippen MR) is 118 cm³/mol. The standard InChI is InChI=1S/C21H23N3O4S2/c1-23(2)16-7-5-15(6-8-16)13-24(17-9-11-30(26,27)14-17)21(25)18-12-19(28-22-18)20-4-3-10-29-20/h3-8,10,12,17H,9,11,13-14H2,1-2H3/t17-/m0/s1. The minimum Gasteiger partial charge on any atom is -0.378 e. The Morgan fingerprint density at radius 2 is 2.00 bits per heavy atom. The van der Waals surface area contributed by atoms with E-state index in [4.69, 9.17) is 4.52 Å². The highest BCUT2D eigenvalue weighted by Crippen LogP contribution is 2.27. The van der Waals surface area contributed by atoms with Gasteiger partial charge in [0.1, 0.15) is 0 Å². The van der Waals surface area contributed by atoms with Crippen molar-refractivity contribution in [2.24, 2.45) is 0 Å². The van der Waals surface area contributed by atoms with Gasteiger partial charge in [0.2, 0.25) is 0 Å². The fraction of sp³-hybridized carbons (Fsp3) is 0.333. The molecule has 0 unspecified atom stereocenters. The molecule has 0 aliphatic carbocycles. The van der Waals surface area contributed by atoms with Crippen molar-refractivity contribution in [3.63, 3.8) is 0 Å². The van der Waals surface area contributed by atoms with E-state index in [-0.39, 0.29) is 29.1 Å². The lowest BCUT2D eigenvalue weighted by atomic mass is 10.1. The number of amides is 1. The predicted octanol–water partition coefficient (Wildman–Crippen LogP) is 3.30. The molecule has 7 nitrogen and oxygen atoms in total. The van der Waals surface area contributed by atoms with Gasteiger partial charge in [0, 0.05) is 38.4 Å². The zero-order chi connectivity index (χ0) is 21.3. The Morgan fingerprint density at radius 3 is 2.60 bits per heavy atom. The Labute approximate surface area is 179 Å². The van der Waals surface area contributed by atoms with Crippen LogP contribution in [-0.4, -0.2) is 56.0 Å². The van der Waals surface area contributed by atoms with Crippen LogP contribution in [0.3, 0.4) is 0 Å². The van der Waals surface area contributed by atoms with Gasteiger partial charge in [-0.3, -0.25) is 4.79 Å². The number of thiophene rings is 1. The largest absolute Gasteiger partial charge is 0.378 e. The number of hydrogen-bond donors (Lipinski definition) is 0. The molecule has 0 bridgehead atoms. The van der Waals surface area contributed by atoms with Gasteiger partial charge in [-0.25, -0.2) is 8.42 Å². The SMILES string of the molecule is CN(C)c1ccc(CN(C(=O)c2cc(-c3cccs3)on2)[C@H]2CCS(=O)(=O)C2)cc1. The van der Waals surface area contributed by atoms with E-state index in [0.717, 1.165) is 16.1 Å². The maximum absolute atomic E-state index is 13.3. The maximum atomic E-state index is 13.3. The minimum absolute atomic E-state index is 0.0237. The molecule has 4 rings (SSSR count). The number of rotatable bonds is 6. The highest BCUT2D eigenvalue weighted by molar-refractivity contribution is 7.91. The molecule has 1 aliphatic heterocycles. The molecule has 0 N–H and O–H groups in total. The molecule has 1 atom stereocenters. The molecule has 0 radical (unpaired) electrons. The van der Waals surface area contributed by atoms with Gasteiger partial charge in [0.15, 0.2) is 21.3 Å². The van der Waals surface area contributed by atoms with Crippen molar-refractivity contribution < 1.29 is 17.7 Å². The third kappa shape index (κ3) is 4.41. The second-order valence-electron chi connectivity index (χ2n) is 7.60. The van der Waals surface area contributed by atoms with Gasteiger partial charge in [-0.2, -0.15) is 0 Å². The molecular formula is C21H23N3O4S2. The Hall–Kier alpha value is -2.65. The van der Waals surface area contributed by atoms with Crippen LogP contribution in [0.2, 0.25) is 0 Å². The van der Waals surface area contributed by atoms with E-state index >= 15 is 0 Å². The Kier molecular flexibility index (Phi) is 5.66. The first-order chi connectivity index (χ1) is 14.3. The van der Waals surface area contributed by atoms with E-state index in [9.17, 15) is 13.2 Å². The third-order valence-corrected chi connectivity index (χ3v) is 7.84. The zero-order valence-electron chi connectivity index (χ0n) is 16.8. The summed E-state index contributed by atoms with van der Waals surface area (Å²) in [5.41, 5.74) is 2.17. The second kappa shape index (κ2) is 8.23. The van der Waals surface area contributed by atoms with E-state index in [1.54, 1.807) is 11.0 Å². The van der Waals surface area contributed by atoms with Crippen molar-refractivity contribution in [3.05, 3.63) is 59.1 Å². The van der Waals surface area contributed by atoms with Gasteiger partial charge in [0.25, 0.3) is 5.91 Å². The van der Waals surface area contributed by atoms with Crippen LogP contribution in [0.5, 0.6) is 0 Å². The van der Waals surface area contributed by atoms with E-state index in [1.807, 2.05) is 60.8 Å². The highest BCUT2D eigenvalue weighted by atomic mass is 32.2. The monoisotopic (exact) mass is 445 g/mol. The van der Waals surface area contributed by atoms with Crippen LogP contribution in [0.15, 0.2) is 52.4 Å². The fourth-order valence-corrected chi connectivity index (χ4v) is 5.95. The number of nitrogens with zero attached hydrogens (tertiary/aromatic N) is 3. The summed E-state index contributed by atoms with van der Waals surface area (Å²) in [7, 11) is 0.785. The molecule has 1 aromatic carbocycles. The van der Waals surface area contributed by atoms with Crippen LogP contribution in [0.1, 0.15) is 22.5 Å².